The Kier molecular flexibility index (Phi) is 4.41. The van der Waals surface area contributed by atoms with Gasteiger partial charge < -0.3 is 15.7 Å². The molecular weight excluding hydrogens is 234 g/mol. The highest BCUT2D eigenvalue weighted by Gasteiger charge is 2.27. The van der Waals surface area contributed by atoms with Gasteiger partial charge in [-0.25, -0.2) is 14.5 Å². The fourth-order valence-corrected chi connectivity index (χ4v) is 2.64. The molecule has 102 valence electrons. The summed E-state index contributed by atoms with van der Waals surface area (Å²) in [5, 5.41) is 15.2. The summed E-state index contributed by atoms with van der Waals surface area (Å²) < 4.78 is 0. The van der Waals surface area contributed by atoms with Gasteiger partial charge in [-0.05, 0) is 18.8 Å². The normalized spacial score (nSPS) is 22.7. The molecule has 18 heavy (non-hydrogen) atoms. The second-order valence-corrected chi connectivity index (χ2v) is 5.04. The van der Waals surface area contributed by atoms with Crippen molar-refractivity contribution in [3.8, 4) is 0 Å². The Labute approximate surface area is 107 Å². The third-order valence-electron chi connectivity index (χ3n) is 3.76. The average molecular weight is 255 g/mol. The SMILES string of the molecule is O=C1NCCN1C(=O)NCC(O)C1CCCCC1. The van der Waals surface area contributed by atoms with Crippen LogP contribution in [-0.4, -0.2) is 47.8 Å². The maximum Gasteiger partial charge on any atom is 0.325 e. The molecule has 0 radical (unpaired) electrons. The van der Waals surface area contributed by atoms with E-state index in [1.165, 1.54) is 6.42 Å². The van der Waals surface area contributed by atoms with Crippen LogP contribution in [0.2, 0.25) is 0 Å². The highest BCUT2D eigenvalue weighted by Crippen LogP contribution is 2.26. The van der Waals surface area contributed by atoms with Gasteiger partial charge in [-0.3, -0.25) is 0 Å². The second kappa shape index (κ2) is 6.04. The first kappa shape index (κ1) is 13.1. The summed E-state index contributed by atoms with van der Waals surface area (Å²) in [6.07, 6.45) is 5.11. The third-order valence-corrected chi connectivity index (χ3v) is 3.76. The van der Waals surface area contributed by atoms with Crippen LogP contribution < -0.4 is 10.6 Å². The van der Waals surface area contributed by atoms with Crippen LogP contribution in [0.4, 0.5) is 9.59 Å². The summed E-state index contributed by atoms with van der Waals surface area (Å²) in [7, 11) is 0. The standard InChI is InChI=1S/C12H21N3O3/c16-10(9-4-2-1-3-5-9)8-14-12(18)15-7-6-13-11(15)17/h9-10,16H,1-8H2,(H,13,17)(H,14,18). The number of carbonyl (C=O) groups is 2. The minimum atomic E-state index is -0.500. The second-order valence-electron chi connectivity index (χ2n) is 5.04. The summed E-state index contributed by atoms with van der Waals surface area (Å²) in [6.45, 7) is 1.12. The van der Waals surface area contributed by atoms with Crippen LogP contribution in [0.25, 0.3) is 0 Å². The van der Waals surface area contributed by atoms with Crippen molar-refractivity contribution >= 4 is 12.1 Å². The number of hydrogen-bond acceptors (Lipinski definition) is 3. The molecule has 0 aromatic heterocycles. The molecule has 1 atom stereocenters. The van der Waals surface area contributed by atoms with E-state index in [9.17, 15) is 14.7 Å². The minimum Gasteiger partial charge on any atom is -0.391 e. The molecule has 2 rings (SSSR count). The number of carbonyl (C=O) groups excluding carboxylic acids is 2. The van der Waals surface area contributed by atoms with Crippen molar-refractivity contribution in [2.45, 2.75) is 38.2 Å². The Bertz CT molecular complexity index is 316. The van der Waals surface area contributed by atoms with E-state index in [-0.39, 0.29) is 18.5 Å². The van der Waals surface area contributed by atoms with Crippen molar-refractivity contribution in [2.75, 3.05) is 19.6 Å². The molecule has 0 spiro atoms. The first-order valence-corrected chi connectivity index (χ1v) is 6.70. The largest absolute Gasteiger partial charge is 0.391 e. The molecule has 6 heteroatoms. The topological polar surface area (TPSA) is 81.7 Å². The van der Waals surface area contributed by atoms with E-state index in [0.29, 0.717) is 13.1 Å². The Morgan fingerprint density at radius 2 is 2.17 bits per heavy atom. The lowest BCUT2D eigenvalue weighted by molar-refractivity contribution is 0.0846. The lowest BCUT2D eigenvalue weighted by Crippen LogP contribution is -2.45. The van der Waals surface area contributed by atoms with Crippen molar-refractivity contribution in [1.29, 1.82) is 0 Å². The molecule has 4 amide bonds. The number of rotatable bonds is 3. The quantitative estimate of drug-likeness (QED) is 0.693. The number of aliphatic hydroxyl groups is 1. The summed E-state index contributed by atoms with van der Waals surface area (Å²) in [4.78, 5) is 24.1. The molecule has 1 unspecified atom stereocenters. The van der Waals surface area contributed by atoms with Gasteiger partial charge in [-0.2, -0.15) is 0 Å². The van der Waals surface area contributed by atoms with Gasteiger partial charge in [0.05, 0.1) is 6.10 Å². The van der Waals surface area contributed by atoms with E-state index >= 15 is 0 Å². The molecule has 1 saturated heterocycles. The van der Waals surface area contributed by atoms with Gasteiger partial charge in [-0.15, -0.1) is 0 Å². The maximum atomic E-state index is 11.7. The fraction of sp³-hybridized carbons (Fsp3) is 0.833. The number of amides is 4. The molecule has 6 nitrogen and oxygen atoms in total. The monoisotopic (exact) mass is 255 g/mol. The summed E-state index contributed by atoms with van der Waals surface area (Å²) in [5.74, 6) is 0.284. The molecule has 0 bridgehead atoms. The molecule has 1 aliphatic carbocycles. The highest BCUT2D eigenvalue weighted by atomic mass is 16.3. The van der Waals surface area contributed by atoms with E-state index in [1.54, 1.807) is 0 Å². The minimum absolute atomic E-state index is 0.229. The highest BCUT2D eigenvalue weighted by molar-refractivity contribution is 5.94. The molecule has 2 aliphatic rings. The molecular formula is C12H21N3O3. The predicted octanol–water partition coefficient (Wildman–Crippen LogP) is 0.662. The zero-order valence-electron chi connectivity index (χ0n) is 10.5. The van der Waals surface area contributed by atoms with Crippen LogP contribution in [0.1, 0.15) is 32.1 Å². The van der Waals surface area contributed by atoms with Crippen molar-refractivity contribution in [1.82, 2.24) is 15.5 Å². The molecule has 0 aromatic carbocycles. The van der Waals surface area contributed by atoms with Crippen LogP contribution in [0, 0.1) is 5.92 Å². The van der Waals surface area contributed by atoms with Crippen molar-refractivity contribution in [2.24, 2.45) is 5.92 Å². The Morgan fingerprint density at radius 3 is 2.78 bits per heavy atom. The van der Waals surface area contributed by atoms with E-state index in [0.717, 1.165) is 30.6 Å². The third kappa shape index (κ3) is 3.13. The lowest BCUT2D eigenvalue weighted by atomic mass is 9.85. The Morgan fingerprint density at radius 1 is 1.44 bits per heavy atom. The van der Waals surface area contributed by atoms with Gasteiger partial charge >= 0.3 is 12.1 Å². The zero-order chi connectivity index (χ0) is 13.0. The molecule has 1 aliphatic heterocycles. The zero-order valence-corrected chi connectivity index (χ0v) is 10.5. The summed E-state index contributed by atoms with van der Waals surface area (Å²) in [5.41, 5.74) is 0. The van der Waals surface area contributed by atoms with Crippen molar-refractivity contribution in [3.63, 3.8) is 0 Å². The fourth-order valence-electron chi connectivity index (χ4n) is 2.64. The van der Waals surface area contributed by atoms with Crippen LogP contribution >= 0.6 is 0 Å². The first-order chi connectivity index (χ1) is 8.68. The predicted molar refractivity (Wildman–Crippen MR) is 66.1 cm³/mol. The maximum absolute atomic E-state index is 11.7. The van der Waals surface area contributed by atoms with Gasteiger partial charge in [0.1, 0.15) is 0 Å². The van der Waals surface area contributed by atoms with Crippen molar-refractivity contribution < 1.29 is 14.7 Å². The lowest BCUT2D eigenvalue weighted by Gasteiger charge is -2.27. The average Bonchev–Trinajstić information content (AvgIpc) is 2.83. The van der Waals surface area contributed by atoms with E-state index < -0.39 is 12.1 Å². The van der Waals surface area contributed by atoms with Gasteiger partial charge in [-0.1, -0.05) is 19.3 Å². The number of hydrogen-bond donors (Lipinski definition) is 3. The van der Waals surface area contributed by atoms with E-state index in [2.05, 4.69) is 10.6 Å². The van der Waals surface area contributed by atoms with Crippen LogP contribution in [0.3, 0.4) is 0 Å². The Hall–Kier alpha value is -1.30. The van der Waals surface area contributed by atoms with E-state index in [4.69, 9.17) is 0 Å². The van der Waals surface area contributed by atoms with Gasteiger partial charge in [0.2, 0.25) is 0 Å². The molecule has 2 fully saturated rings. The molecule has 3 N–H and O–H groups in total. The Balaban J connectivity index is 1.73. The number of imide groups is 1. The number of nitrogens with one attached hydrogen (secondary N) is 2. The summed E-state index contributed by atoms with van der Waals surface area (Å²) in [6, 6.07) is -0.778. The van der Waals surface area contributed by atoms with Gasteiger partial charge in [0, 0.05) is 19.6 Å². The van der Waals surface area contributed by atoms with Crippen LogP contribution in [0.15, 0.2) is 0 Å². The number of aliphatic hydroxyl groups excluding tert-OH is 1. The first-order valence-electron chi connectivity index (χ1n) is 6.70. The van der Waals surface area contributed by atoms with Gasteiger partial charge in [0.25, 0.3) is 0 Å². The molecule has 0 aromatic rings. The molecule has 1 saturated carbocycles. The summed E-state index contributed by atoms with van der Waals surface area (Å²) >= 11 is 0. The van der Waals surface area contributed by atoms with Crippen molar-refractivity contribution in [3.05, 3.63) is 0 Å². The van der Waals surface area contributed by atoms with Gasteiger partial charge in [0.15, 0.2) is 0 Å². The molecule has 1 heterocycles. The number of urea groups is 2. The smallest absolute Gasteiger partial charge is 0.325 e. The van der Waals surface area contributed by atoms with E-state index in [1.807, 2.05) is 0 Å². The number of nitrogens with zero attached hydrogens (tertiary/aromatic N) is 1. The van der Waals surface area contributed by atoms with Crippen LogP contribution in [-0.2, 0) is 0 Å². The van der Waals surface area contributed by atoms with Crippen LogP contribution in [0.5, 0.6) is 0 Å².